The predicted molar refractivity (Wildman–Crippen MR) is 64.5 cm³/mol. The number of cyclic esters (lactones) is 1. The molecule has 0 aromatic heterocycles. The summed E-state index contributed by atoms with van der Waals surface area (Å²) in [6.07, 6.45) is 4.80. The zero-order valence-corrected chi connectivity index (χ0v) is 10.5. The first kappa shape index (κ1) is 11.6. The molecular formula is C13H18N2O3. The van der Waals surface area contributed by atoms with Crippen molar-refractivity contribution in [3.8, 4) is 0 Å². The fourth-order valence-electron chi connectivity index (χ4n) is 3.06. The second-order valence-corrected chi connectivity index (χ2v) is 5.39. The van der Waals surface area contributed by atoms with Gasteiger partial charge in [-0.15, -0.1) is 0 Å². The van der Waals surface area contributed by atoms with E-state index in [1.165, 1.54) is 6.42 Å². The van der Waals surface area contributed by atoms with E-state index in [9.17, 15) is 9.59 Å². The van der Waals surface area contributed by atoms with Gasteiger partial charge in [0.2, 0.25) is 0 Å². The fourth-order valence-corrected chi connectivity index (χ4v) is 3.06. The van der Waals surface area contributed by atoms with E-state index in [0.717, 1.165) is 19.3 Å². The lowest BCUT2D eigenvalue weighted by Gasteiger charge is -2.38. The van der Waals surface area contributed by atoms with Gasteiger partial charge in [-0.3, -0.25) is 4.79 Å². The Hall–Kier alpha value is -1.52. The Kier molecular flexibility index (Phi) is 2.76. The number of fused-ring (bicyclic) bond motifs is 1. The number of nitrogens with one attached hydrogen (secondary N) is 2. The number of hydrogen-bond acceptors (Lipinski definition) is 4. The predicted octanol–water partition coefficient (Wildman–Crippen LogP) is 0.606. The quantitative estimate of drug-likeness (QED) is 0.488. The smallest absolute Gasteiger partial charge is 0.336 e. The van der Waals surface area contributed by atoms with E-state index < -0.39 is 0 Å². The number of ether oxygens (including phenoxy) is 1. The van der Waals surface area contributed by atoms with Crippen LogP contribution in [0, 0.1) is 0 Å². The van der Waals surface area contributed by atoms with Gasteiger partial charge in [-0.2, -0.15) is 0 Å². The molecule has 3 fully saturated rings. The van der Waals surface area contributed by atoms with Crippen LogP contribution in [0.3, 0.4) is 0 Å². The Morgan fingerprint density at radius 1 is 1.11 bits per heavy atom. The first-order valence-electron chi connectivity index (χ1n) is 6.66. The highest BCUT2D eigenvalue weighted by Crippen LogP contribution is 2.27. The Bertz CT molecular complexity index is 430. The second kappa shape index (κ2) is 4.30. The summed E-state index contributed by atoms with van der Waals surface area (Å²) >= 11 is 0. The number of rotatable bonds is 0. The Morgan fingerprint density at radius 3 is 2.39 bits per heavy atom. The maximum absolute atomic E-state index is 12.0. The van der Waals surface area contributed by atoms with Crippen molar-refractivity contribution < 1.29 is 14.3 Å². The number of amides is 1. The third kappa shape index (κ3) is 1.87. The third-order valence-electron chi connectivity index (χ3n) is 3.99. The van der Waals surface area contributed by atoms with Gasteiger partial charge in [-0.1, -0.05) is 12.8 Å². The lowest BCUT2D eigenvalue weighted by atomic mass is 9.88. The summed E-state index contributed by atoms with van der Waals surface area (Å²) in [5.74, 6) is -0.506. The molecule has 3 aliphatic rings. The zero-order valence-electron chi connectivity index (χ0n) is 10.5. The first-order chi connectivity index (χ1) is 8.65. The molecule has 5 heteroatoms. The highest BCUT2D eigenvalue weighted by molar-refractivity contribution is 6.04. The highest BCUT2D eigenvalue weighted by Gasteiger charge is 2.38. The van der Waals surface area contributed by atoms with Crippen LogP contribution in [-0.2, 0) is 14.3 Å². The average Bonchev–Trinajstić information content (AvgIpc) is 2.67. The topological polar surface area (TPSA) is 67.4 Å². The molecule has 5 nitrogen and oxygen atoms in total. The number of carbonyl (C=O) groups excluding carboxylic acids is 2. The molecule has 2 heterocycles. The van der Waals surface area contributed by atoms with Crippen molar-refractivity contribution in [2.45, 2.75) is 57.2 Å². The fraction of sp³-hybridized carbons (Fsp3) is 0.692. The molecule has 3 rings (SSSR count). The molecule has 3 unspecified atom stereocenters. The Labute approximate surface area is 106 Å². The van der Waals surface area contributed by atoms with Crippen LogP contribution in [0.4, 0.5) is 0 Å². The van der Waals surface area contributed by atoms with Crippen LogP contribution in [0.2, 0.25) is 0 Å². The van der Waals surface area contributed by atoms with Crippen molar-refractivity contribution in [2.24, 2.45) is 0 Å². The monoisotopic (exact) mass is 250 g/mol. The van der Waals surface area contributed by atoms with Crippen LogP contribution in [0.5, 0.6) is 0 Å². The maximum Gasteiger partial charge on any atom is 0.336 e. The van der Waals surface area contributed by atoms with Crippen LogP contribution in [0.1, 0.15) is 39.0 Å². The summed E-state index contributed by atoms with van der Waals surface area (Å²) in [4.78, 5) is 23.7. The molecule has 1 saturated carbocycles. The van der Waals surface area contributed by atoms with E-state index in [2.05, 4.69) is 10.6 Å². The summed E-state index contributed by atoms with van der Waals surface area (Å²) in [6.45, 7) is 1.84. The lowest BCUT2D eigenvalue weighted by molar-refractivity contribution is -0.138. The summed E-state index contributed by atoms with van der Waals surface area (Å²) in [5.41, 5.74) is 0.941. The van der Waals surface area contributed by atoms with E-state index in [0.29, 0.717) is 17.7 Å². The van der Waals surface area contributed by atoms with Gasteiger partial charge in [0.25, 0.3) is 5.91 Å². The molecule has 0 aromatic carbocycles. The number of esters is 1. The second-order valence-electron chi connectivity index (χ2n) is 5.39. The molecule has 0 spiro atoms. The molecule has 98 valence electrons. The van der Waals surface area contributed by atoms with Gasteiger partial charge in [0.1, 0.15) is 11.8 Å². The van der Waals surface area contributed by atoms with E-state index in [1.54, 1.807) is 0 Å². The molecule has 2 N–H and O–H groups in total. The molecule has 2 saturated heterocycles. The maximum atomic E-state index is 12.0. The summed E-state index contributed by atoms with van der Waals surface area (Å²) < 4.78 is 5.09. The molecule has 18 heavy (non-hydrogen) atoms. The summed E-state index contributed by atoms with van der Waals surface area (Å²) in [5, 5.41) is 6.28. The Morgan fingerprint density at radius 2 is 1.78 bits per heavy atom. The molecule has 0 aromatic rings. The normalized spacial score (nSPS) is 39.7. The van der Waals surface area contributed by atoms with Gasteiger partial charge in [0, 0.05) is 18.5 Å². The van der Waals surface area contributed by atoms with Gasteiger partial charge < -0.3 is 15.4 Å². The number of carbonyl (C=O) groups is 2. The third-order valence-corrected chi connectivity index (χ3v) is 3.99. The largest absolute Gasteiger partial charge is 0.459 e. The van der Waals surface area contributed by atoms with Crippen molar-refractivity contribution in [2.75, 3.05) is 0 Å². The van der Waals surface area contributed by atoms with Crippen LogP contribution in [-0.4, -0.2) is 30.1 Å². The van der Waals surface area contributed by atoms with Gasteiger partial charge >= 0.3 is 5.97 Å². The van der Waals surface area contributed by atoms with Crippen LogP contribution in [0.15, 0.2) is 11.3 Å². The van der Waals surface area contributed by atoms with E-state index >= 15 is 0 Å². The molecule has 1 amide bonds. The van der Waals surface area contributed by atoms with Crippen LogP contribution >= 0.6 is 0 Å². The van der Waals surface area contributed by atoms with Crippen LogP contribution < -0.4 is 10.6 Å². The van der Waals surface area contributed by atoms with Crippen molar-refractivity contribution in [1.29, 1.82) is 0 Å². The van der Waals surface area contributed by atoms with Crippen LogP contribution in [0.25, 0.3) is 0 Å². The summed E-state index contributed by atoms with van der Waals surface area (Å²) in [6, 6.07) is 0.480. The van der Waals surface area contributed by atoms with E-state index in [4.69, 9.17) is 4.74 Å². The molecule has 0 bridgehead atoms. The molecule has 0 radical (unpaired) electrons. The lowest BCUT2D eigenvalue weighted by Crippen LogP contribution is -2.59. The number of hydrogen-bond donors (Lipinski definition) is 2. The van der Waals surface area contributed by atoms with Crippen molar-refractivity contribution in [3.63, 3.8) is 0 Å². The SMILES string of the molecule is CC1C/C(=C2\NC3CCCCC3NC2=O)C(=O)O1. The number of piperazine rings is 1. The average molecular weight is 250 g/mol. The zero-order chi connectivity index (χ0) is 12.7. The van der Waals surface area contributed by atoms with Gasteiger partial charge in [-0.25, -0.2) is 4.79 Å². The minimum absolute atomic E-state index is 0.126. The highest BCUT2D eigenvalue weighted by atomic mass is 16.5. The Balaban J connectivity index is 1.86. The minimum Gasteiger partial charge on any atom is -0.459 e. The van der Waals surface area contributed by atoms with Gasteiger partial charge in [0.05, 0.1) is 5.57 Å². The minimum atomic E-state index is -0.352. The summed E-state index contributed by atoms with van der Waals surface area (Å²) in [7, 11) is 0. The molecule has 1 aliphatic carbocycles. The van der Waals surface area contributed by atoms with E-state index in [-0.39, 0.29) is 30.1 Å². The van der Waals surface area contributed by atoms with Crippen molar-refractivity contribution in [1.82, 2.24) is 10.6 Å². The van der Waals surface area contributed by atoms with Crippen molar-refractivity contribution >= 4 is 11.9 Å². The van der Waals surface area contributed by atoms with Crippen molar-refractivity contribution in [3.05, 3.63) is 11.3 Å². The standard InChI is InChI=1S/C13H18N2O3/c1-7-6-8(13(17)18-7)11-12(16)15-10-5-3-2-4-9(10)14-11/h7,9-10,14H,2-6H2,1H3,(H,15,16)/b11-8+. The molecular weight excluding hydrogens is 232 g/mol. The first-order valence-corrected chi connectivity index (χ1v) is 6.66. The van der Waals surface area contributed by atoms with Gasteiger partial charge in [0.15, 0.2) is 0 Å². The van der Waals surface area contributed by atoms with E-state index in [1.807, 2.05) is 6.92 Å². The molecule has 3 atom stereocenters. The molecule has 2 aliphatic heterocycles. The van der Waals surface area contributed by atoms with Gasteiger partial charge in [-0.05, 0) is 19.8 Å².